The molecular formula is C22H25Cl2N7O2. The Hall–Kier alpha value is -2.88. The van der Waals surface area contributed by atoms with Crippen molar-refractivity contribution >= 4 is 46.8 Å². The van der Waals surface area contributed by atoms with Crippen molar-refractivity contribution in [2.75, 3.05) is 44.6 Å². The Labute approximate surface area is 202 Å². The molecule has 1 aromatic heterocycles. The number of amides is 3. The number of benzene rings is 1. The molecule has 4 rings (SSSR count). The van der Waals surface area contributed by atoms with Gasteiger partial charge in [-0.25, -0.2) is 14.8 Å². The molecule has 2 aliphatic heterocycles. The van der Waals surface area contributed by atoms with Crippen LogP contribution in [0.3, 0.4) is 0 Å². The Morgan fingerprint density at radius 3 is 2.39 bits per heavy atom. The average molecular weight is 490 g/mol. The van der Waals surface area contributed by atoms with Crippen molar-refractivity contribution in [2.24, 2.45) is 0 Å². The van der Waals surface area contributed by atoms with Gasteiger partial charge in [0, 0.05) is 69.9 Å². The van der Waals surface area contributed by atoms with E-state index in [0.717, 1.165) is 31.7 Å². The van der Waals surface area contributed by atoms with Crippen LogP contribution in [-0.4, -0.2) is 81.9 Å². The van der Waals surface area contributed by atoms with Gasteiger partial charge < -0.3 is 20.4 Å². The van der Waals surface area contributed by atoms with Gasteiger partial charge in [0.25, 0.3) is 0 Å². The molecule has 2 aliphatic rings. The Morgan fingerprint density at radius 2 is 1.73 bits per heavy atom. The fraction of sp³-hybridized carbons (Fsp3) is 0.364. The van der Waals surface area contributed by atoms with Crippen LogP contribution in [0.15, 0.2) is 43.2 Å². The van der Waals surface area contributed by atoms with Gasteiger partial charge in [0.2, 0.25) is 11.9 Å². The molecule has 2 N–H and O–H groups in total. The average Bonchev–Trinajstić information content (AvgIpc) is 2.80. The van der Waals surface area contributed by atoms with Crippen molar-refractivity contribution in [3.63, 3.8) is 0 Å². The number of hydrogen-bond acceptors (Lipinski definition) is 6. The van der Waals surface area contributed by atoms with Crippen molar-refractivity contribution in [3.05, 3.63) is 58.9 Å². The van der Waals surface area contributed by atoms with Gasteiger partial charge in [-0.15, -0.1) is 0 Å². The third kappa shape index (κ3) is 5.55. The fourth-order valence-corrected chi connectivity index (χ4v) is 4.25. The first-order valence-corrected chi connectivity index (χ1v) is 11.4. The summed E-state index contributed by atoms with van der Waals surface area (Å²) in [6.07, 6.45) is 4.61. The highest BCUT2D eigenvalue weighted by atomic mass is 35.5. The van der Waals surface area contributed by atoms with Crippen LogP contribution in [0, 0.1) is 0 Å². The molecule has 1 aromatic carbocycles. The van der Waals surface area contributed by atoms with Crippen molar-refractivity contribution in [1.82, 2.24) is 30.0 Å². The standard InChI is InChI=1S/C22H25Cl2N7O2/c1-2-20(32)31-13-16(14-31)29-6-8-30(9-7-29)22(33)27-12-15-10-17(23)18(24)11-19(15)28-21-25-4-3-5-26-21/h2-5,10-11,16H,1,6-9,12-14H2,(H,27,33)(H,25,26,28). The molecule has 2 aromatic rings. The SMILES string of the molecule is C=CC(=O)N1CC(N2CCN(C(=O)NCc3cc(Cl)c(Cl)cc3Nc3ncccn3)CC2)C1. The number of aromatic nitrogens is 2. The van der Waals surface area contributed by atoms with E-state index in [0.29, 0.717) is 40.8 Å². The lowest BCUT2D eigenvalue weighted by Gasteiger charge is -2.47. The first kappa shape index (κ1) is 23.3. The van der Waals surface area contributed by atoms with E-state index in [4.69, 9.17) is 23.2 Å². The number of likely N-dealkylation sites (tertiary alicyclic amines) is 1. The molecule has 3 heterocycles. The Bertz CT molecular complexity index is 1020. The molecule has 0 radical (unpaired) electrons. The molecule has 2 fully saturated rings. The number of anilines is 2. The molecule has 2 saturated heterocycles. The van der Waals surface area contributed by atoms with Crippen molar-refractivity contribution in [1.29, 1.82) is 0 Å². The number of halogens is 2. The molecule has 0 unspecified atom stereocenters. The summed E-state index contributed by atoms with van der Waals surface area (Å²) in [4.78, 5) is 38.6. The molecule has 3 amide bonds. The predicted molar refractivity (Wildman–Crippen MR) is 128 cm³/mol. The van der Waals surface area contributed by atoms with Crippen LogP contribution in [0.4, 0.5) is 16.4 Å². The van der Waals surface area contributed by atoms with E-state index >= 15 is 0 Å². The minimum Gasteiger partial charge on any atom is -0.336 e. The van der Waals surface area contributed by atoms with E-state index in [2.05, 4.69) is 32.1 Å². The molecule has 33 heavy (non-hydrogen) atoms. The maximum absolute atomic E-state index is 12.8. The zero-order valence-corrected chi connectivity index (χ0v) is 19.5. The van der Waals surface area contributed by atoms with Crippen molar-refractivity contribution in [2.45, 2.75) is 12.6 Å². The van der Waals surface area contributed by atoms with Gasteiger partial charge in [0.1, 0.15) is 0 Å². The molecule has 11 heteroatoms. The molecule has 0 atom stereocenters. The van der Waals surface area contributed by atoms with E-state index in [1.54, 1.807) is 40.4 Å². The summed E-state index contributed by atoms with van der Waals surface area (Å²) < 4.78 is 0. The molecule has 0 spiro atoms. The van der Waals surface area contributed by atoms with Gasteiger partial charge in [-0.3, -0.25) is 9.69 Å². The lowest BCUT2D eigenvalue weighted by atomic mass is 10.1. The maximum Gasteiger partial charge on any atom is 0.317 e. The molecule has 0 aliphatic carbocycles. The third-order valence-electron chi connectivity index (χ3n) is 5.85. The van der Waals surface area contributed by atoms with Gasteiger partial charge in [-0.2, -0.15) is 0 Å². The Morgan fingerprint density at radius 1 is 1.06 bits per heavy atom. The summed E-state index contributed by atoms with van der Waals surface area (Å²) in [6.45, 7) is 8.04. The van der Waals surface area contributed by atoms with Crippen LogP contribution in [-0.2, 0) is 11.3 Å². The first-order valence-electron chi connectivity index (χ1n) is 10.6. The normalized spacial score (nSPS) is 16.8. The van der Waals surface area contributed by atoms with Crippen molar-refractivity contribution in [3.8, 4) is 0 Å². The van der Waals surface area contributed by atoms with Crippen molar-refractivity contribution < 1.29 is 9.59 Å². The largest absolute Gasteiger partial charge is 0.336 e. The highest BCUT2D eigenvalue weighted by Gasteiger charge is 2.35. The number of piperazine rings is 1. The van der Waals surface area contributed by atoms with Gasteiger partial charge in [0.05, 0.1) is 10.0 Å². The minimum atomic E-state index is -0.139. The quantitative estimate of drug-likeness (QED) is 0.605. The number of hydrogen-bond donors (Lipinski definition) is 2. The first-order chi connectivity index (χ1) is 15.9. The molecule has 9 nitrogen and oxygen atoms in total. The summed E-state index contributed by atoms with van der Waals surface area (Å²) in [5.41, 5.74) is 1.44. The molecular weight excluding hydrogens is 465 g/mol. The summed E-state index contributed by atoms with van der Waals surface area (Å²) >= 11 is 12.4. The zero-order chi connectivity index (χ0) is 23.4. The van der Waals surface area contributed by atoms with Gasteiger partial charge in [-0.1, -0.05) is 29.8 Å². The number of nitrogens with zero attached hydrogens (tertiary/aromatic N) is 5. The van der Waals surface area contributed by atoms with E-state index < -0.39 is 0 Å². The van der Waals surface area contributed by atoms with E-state index in [1.165, 1.54) is 6.08 Å². The monoisotopic (exact) mass is 489 g/mol. The highest BCUT2D eigenvalue weighted by molar-refractivity contribution is 6.42. The van der Waals surface area contributed by atoms with Gasteiger partial charge in [-0.05, 0) is 29.8 Å². The van der Waals surface area contributed by atoms with Crippen LogP contribution in [0.1, 0.15) is 5.56 Å². The smallest absolute Gasteiger partial charge is 0.317 e. The Balaban J connectivity index is 1.30. The fourth-order valence-electron chi connectivity index (χ4n) is 3.90. The maximum atomic E-state index is 12.8. The summed E-state index contributed by atoms with van der Waals surface area (Å²) in [5, 5.41) is 6.88. The van der Waals surface area contributed by atoms with E-state index in [1.807, 2.05) is 0 Å². The zero-order valence-electron chi connectivity index (χ0n) is 18.0. The van der Waals surface area contributed by atoms with Gasteiger partial charge in [0.15, 0.2) is 0 Å². The summed E-state index contributed by atoms with van der Waals surface area (Å²) in [7, 11) is 0. The second-order valence-corrected chi connectivity index (χ2v) is 8.72. The predicted octanol–water partition coefficient (Wildman–Crippen LogP) is 2.75. The van der Waals surface area contributed by atoms with E-state index in [-0.39, 0.29) is 18.5 Å². The molecule has 0 saturated carbocycles. The highest BCUT2D eigenvalue weighted by Crippen LogP contribution is 2.30. The van der Waals surface area contributed by atoms with E-state index in [9.17, 15) is 9.59 Å². The number of urea groups is 1. The second kappa shape index (κ2) is 10.4. The Kier molecular flexibility index (Phi) is 7.32. The minimum absolute atomic E-state index is 0.0285. The lowest BCUT2D eigenvalue weighted by Crippen LogP contribution is -2.64. The topological polar surface area (TPSA) is 93.7 Å². The number of rotatable bonds is 6. The number of nitrogens with one attached hydrogen (secondary N) is 2. The second-order valence-electron chi connectivity index (χ2n) is 7.90. The molecule has 0 bridgehead atoms. The summed E-state index contributed by atoms with van der Waals surface area (Å²) in [5.74, 6) is 0.392. The van der Waals surface area contributed by atoms with Gasteiger partial charge >= 0.3 is 6.03 Å². The summed E-state index contributed by atoms with van der Waals surface area (Å²) in [6, 6.07) is 5.35. The van der Waals surface area contributed by atoms with Crippen LogP contribution in [0.25, 0.3) is 0 Å². The molecule has 174 valence electrons. The van der Waals surface area contributed by atoms with Crippen LogP contribution >= 0.6 is 23.2 Å². The number of carbonyl (C=O) groups is 2. The van der Waals surface area contributed by atoms with Crippen LogP contribution < -0.4 is 10.6 Å². The lowest BCUT2D eigenvalue weighted by molar-refractivity contribution is -0.133. The van der Waals surface area contributed by atoms with Crippen LogP contribution in [0.5, 0.6) is 0 Å². The van der Waals surface area contributed by atoms with Crippen LogP contribution in [0.2, 0.25) is 10.0 Å². The third-order valence-corrected chi connectivity index (χ3v) is 6.58. The number of carbonyl (C=O) groups excluding carboxylic acids is 2.